The van der Waals surface area contributed by atoms with E-state index in [2.05, 4.69) is 29.0 Å². The van der Waals surface area contributed by atoms with Crippen molar-refractivity contribution in [2.24, 2.45) is 0 Å². The van der Waals surface area contributed by atoms with Gasteiger partial charge in [0, 0.05) is 25.4 Å². The molecule has 0 N–H and O–H groups in total. The zero-order chi connectivity index (χ0) is 8.97. The molecule has 0 amide bonds. The van der Waals surface area contributed by atoms with Crippen molar-refractivity contribution in [3.63, 3.8) is 0 Å². The monoisotopic (exact) mass is 165 g/mol. The van der Waals surface area contributed by atoms with E-state index in [1.807, 2.05) is 19.3 Å². The Hall–Kier alpha value is -0.960. The maximum atomic E-state index is 4.26. The maximum absolute atomic E-state index is 4.26. The first-order chi connectivity index (χ1) is 5.68. The standard InChI is InChI=1S/C9H15N3/c1-8-6-11-9(7-10-8)4-5-12(2)3/h6-7H,4-5H2,1-3H3. The van der Waals surface area contributed by atoms with E-state index in [0.29, 0.717) is 0 Å². The summed E-state index contributed by atoms with van der Waals surface area (Å²) in [5.41, 5.74) is 2.04. The topological polar surface area (TPSA) is 29.0 Å². The third-order valence-electron chi connectivity index (χ3n) is 1.65. The molecule has 3 heteroatoms. The molecule has 0 aliphatic carbocycles. The van der Waals surface area contributed by atoms with E-state index in [9.17, 15) is 0 Å². The van der Waals surface area contributed by atoms with Gasteiger partial charge in [-0.25, -0.2) is 0 Å². The number of aryl methyl sites for hydroxylation is 1. The molecule has 0 aromatic carbocycles. The minimum absolute atomic E-state index is 0.972. The summed E-state index contributed by atoms with van der Waals surface area (Å²) in [6.45, 7) is 2.97. The first-order valence-corrected chi connectivity index (χ1v) is 4.11. The Balaban J connectivity index is 2.48. The summed E-state index contributed by atoms with van der Waals surface area (Å²) >= 11 is 0. The molecule has 0 saturated carbocycles. The Morgan fingerprint density at radius 2 is 2.00 bits per heavy atom. The second-order valence-corrected chi connectivity index (χ2v) is 3.20. The molecule has 66 valence electrons. The molecule has 0 bridgehead atoms. The van der Waals surface area contributed by atoms with E-state index in [-0.39, 0.29) is 0 Å². The van der Waals surface area contributed by atoms with Crippen molar-refractivity contribution in [2.45, 2.75) is 13.3 Å². The van der Waals surface area contributed by atoms with Crippen molar-refractivity contribution in [1.29, 1.82) is 0 Å². The lowest BCUT2D eigenvalue weighted by Crippen LogP contribution is -2.15. The first kappa shape index (κ1) is 9.13. The molecule has 0 saturated heterocycles. The van der Waals surface area contributed by atoms with Gasteiger partial charge in [-0.05, 0) is 21.0 Å². The summed E-state index contributed by atoms with van der Waals surface area (Å²) < 4.78 is 0. The quantitative estimate of drug-likeness (QED) is 0.666. The highest BCUT2D eigenvalue weighted by atomic mass is 15.0. The van der Waals surface area contributed by atoms with Crippen molar-refractivity contribution in [1.82, 2.24) is 14.9 Å². The second-order valence-electron chi connectivity index (χ2n) is 3.20. The summed E-state index contributed by atoms with van der Waals surface area (Å²) in [7, 11) is 4.11. The van der Waals surface area contributed by atoms with Crippen LogP contribution in [0.1, 0.15) is 11.4 Å². The highest BCUT2D eigenvalue weighted by Crippen LogP contribution is 1.95. The van der Waals surface area contributed by atoms with Gasteiger partial charge < -0.3 is 4.90 Å². The van der Waals surface area contributed by atoms with Gasteiger partial charge in [0.15, 0.2) is 0 Å². The van der Waals surface area contributed by atoms with E-state index in [1.54, 1.807) is 0 Å². The van der Waals surface area contributed by atoms with Gasteiger partial charge in [0.1, 0.15) is 0 Å². The van der Waals surface area contributed by atoms with Gasteiger partial charge in [0.25, 0.3) is 0 Å². The molecule has 12 heavy (non-hydrogen) atoms. The van der Waals surface area contributed by atoms with E-state index in [1.165, 1.54) is 0 Å². The van der Waals surface area contributed by atoms with Crippen molar-refractivity contribution < 1.29 is 0 Å². The highest BCUT2D eigenvalue weighted by Gasteiger charge is 1.95. The SMILES string of the molecule is Cc1cnc(CCN(C)C)cn1. The molecule has 0 aliphatic heterocycles. The van der Waals surface area contributed by atoms with Crippen LogP contribution in [0.4, 0.5) is 0 Å². The number of likely N-dealkylation sites (N-methyl/N-ethyl adjacent to an activating group) is 1. The van der Waals surface area contributed by atoms with Gasteiger partial charge >= 0.3 is 0 Å². The van der Waals surface area contributed by atoms with Gasteiger partial charge in [-0.15, -0.1) is 0 Å². The molecule has 3 nitrogen and oxygen atoms in total. The van der Waals surface area contributed by atoms with Crippen molar-refractivity contribution >= 4 is 0 Å². The number of hydrogen-bond donors (Lipinski definition) is 0. The van der Waals surface area contributed by atoms with Crippen LogP contribution in [0.25, 0.3) is 0 Å². The number of nitrogens with zero attached hydrogens (tertiary/aromatic N) is 3. The number of hydrogen-bond acceptors (Lipinski definition) is 3. The van der Waals surface area contributed by atoms with Crippen LogP contribution in [0.3, 0.4) is 0 Å². The fourth-order valence-electron chi connectivity index (χ4n) is 0.887. The Kier molecular flexibility index (Phi) is 3.17. The van der Waals surface area contributed by atoms with Crippen LogP contribution in [-0.4, -0.2) is 35.5 Å². The molecular formula is C9H15N3. The average Bonchev–Trinajstić information content (AvgIpc) is 2.03. The van der Waals surface area contributed by atoms with Gasteiger partial charge in [0.2, 0.25) is 0 Å². The van der Waals surface area contributed by atoms with Crippen LogP contribution >= 0.6 is 0 Å². The lowest BCUT2D eigenvalue weighted by atomic mass is 10.3. The molecule has 1 heterocycles. The second kappa shape index (κ2) is 4.16. The van der Waals surface area contributed by atoms with Crippen molar-refractivity contribution in [2.75, 3.05) is 20.6 Å². The lowest BCUT2D eigenvalue weighted by molar-refractivity contribution is 0.411. The number of rotatable bonds is 3. The molecule has 0 fully saturated rings. The third kappa shape index (κ3) is 2.96. The fraction of sp³-hybridized carbons (Fsp3) is 0.556. The lowest BCUT2D eigenvalue weighted by Gasteiger charge is -2.07. The van der Waals surface area contributed by atoms with Gasteiger partial charge in [0.05, 0.1) is 11.4 Å². The Morgan fingerprint density at radius 3 is 2.50 bits per heavy atom. The summed E-state index contributed by atoms with van der Waals surface area (Å²) in [6, 6.07) is 0. The Bertz CT molecular complexity index is 228. The molecule has 1 rings (SSSR count). The molecule has 0 spiro atoms. The predicted octanol–water partition coefficient (Wildman–Crippen LogP) is 0.889. The zero-order valence-corrected chi connectivity index (χ0v) is 7.91. The molecule has 1 aromatic heterocycles. The van der Waals surface area contributed by atoms with Crippen LogP contribution in [0.15, 0.2) is 12.4 Å². The molecule has 0 atom stereocenters. The Labute approximate surface area is 73.5 Å². The normalized spacial score (nSPS) is 10.7. The van der Waals surface area contributed by atoms with Crippen LogP contribution in [-0.2, 0) is 6.42 Å². The molecule has 0 aliphatic rings. The average molecular weight is 165 g/mol. The predicted molar refractivity (Wildman–Crippen MR) is 49.0 cm³/mol. The molecular weight excluding hydrogens is 150 g/mol. The van der Waals surface area contributed by atoms with E-state index in [0.717, 1.165) is 24.4 Å². The minimum Gasteiger partial charge on any atom is -0.309 e. The smallest absolute Gasteiger partial charge is 0.0599 e. The first-order valence-electron chi connectivity index (χ1n) is 4.11. The Morgan fingerprint density at radius 1 is 1.25 bits per heavy atom. The van der Waals surface area contributed by atoms with E-state index in [4.69, 9.17) is 0 Å². The molecule has 0 radical (unpaired) electrons. The van der Waals surface area contributed by atoms with Crippen LogP contribution in [0.2, 0.25) is 0 Å². The maximum Gasteiger partial charge on any atom is 0.0599 e. The fourth-order valence-corrected chi connectivity index (χ4v) is 0.887. The van der Waals surface area contributed by atoms with Crippen molar-refractivity contribution in [3.05, 3.63) is 23.8 Å². The summed E-state index contributed by atoms with van der Waals surface area (Å²) in [5.74, 6) is 0. The molecule has 1 aromatic rings. The van der Waals surface area contributed by atoms with Crippen molar-refractivity contribution in [3.8, 4) is 0 Å². The van der Waals surface area contributed by atoms with E-state index >= 15 is 0 Å². The summed E-state index contributed by atoms with van der Waals surface area (Å²) in [5, 5.41) is 0. The summed E-state index contributed by atoms with van der Waals surface area (Å²) in [6.07, 6.45) is 4.63. The van der Waals surface area contributed by atoms with Crippen LogP contribution < -0.4 is 0 Å². The minimum atomic E-state index is 0.972. The van der Waals surface area contributed by atoms with Gasteiger partial charge in [-0.1, -0.05) is 0 Å². The van der Waals surface area contributed by atoms with Crippen LogP contribution in [0, 0.1) is 6.92 Å². The van der Waals surface area contributed by atoms with Gasteiger partial charge in [-0.3, -0.25) is 9.97 Å². The third-order valence-corrected chi connectivity index (χ3v) is 1.65. The number of aromatic nitrogens is 2. The summed E-state index contributed by atoms with van der Waals surface area (Å²) in [4.78, 5) is 10.6. The van der Waals surface area contributed by atoms with Crippen LogP contribution in [0.5, 0.6) is 0 Å². The highest BCUT2D eigenvalue weighted by molar-refractivity contribution is 5.00. The zero-order valence-electron chi connectivity index (χ0n) is 7.91. The van der Waals surface area contributed by atoms with Gasteiger partial charge in [-0.2, -0.15) is 0 Å². The largest absolute Gasteiger partial charge is 0.309 e. The van der Waals surface area contributed by atoms with E-state index < -0.39 is 0 Å². The molecule has 0 unspecified atom stereocenters.